The van der Waals surface area contributed by atoms with Crippen LogP contribution in [-0.4, -0.2) is 18.1 Å². The molecule has 1 heterocycles. The molecule has 0 radical (unpaired) electrons. The third-order valence-electron chi connectivity index (χ3n) is 3.09. The van der Waals surface area contributed by atoms with Gasteiger partial charge in [0.25, 0.3) is 6.01 Å². The topological polar surface area (TPSA) is 73.3 Å². The second-order valence-electron chi connectivity index (χ2n) is 4.80. The number of nitrogen functional groups attached to an aromatic ring is 1. The van der Waals surface area contributed by atoms with Gasteiger partial charge < -0.3 is 20.2 Å². The van der Waals surface area contributed by atoms with Gasteiger partial charge in [-0.15, -0.1) is 0 Å². The van der Waals surface area contributed by atoms with Crippen molar-refractivity contribution in [3.63, 3.8) is 0 Å². The average molecular weight is 283 g/mol. The van der Waals surface area contributed by atoms with Crippen LogP contribution in [0.5, 0.6) is 5.75 Å². The van der Waals surface area contributed by atoms with Gasteiger partial charge >= 0.3 is 0 Å². The average Bonchev–Trinajstić information content (AvgIpc) is 2.88. The minimum Gasteiger partial charge on any atom is -0.492 e. The zero-order chi connectivity index (χ0) is 14.7. The molecule has 0 saturated carbocycles. The number of oxazole rings is 1. The molecule has 0 aliphatic rings. The Morgan fingerprint density at radius 3 is 2.90 bits per heavy atom. The highest BCUT2D eigenvalue weighted by molar-refractivity contribution is 5.86. The highest BCUT2D eigenvalue weighted by Gasteiger charge is 2.07. The first-order valence-corrected chi connectivity index (χ1v) is 6.81. The molecule has 108 valence electrons. The Kier molecular flexibility index (Phi) is 3.64. The normalized spacial score (nSPS) is 10.7. The number of rotatable bonds is 5. The summed E-state index contributed by atoms with van der Waals surface area (Å²) in [6.07, 6.45) is 0. The summed E-state index contributed by atoms with van der Waals surface area (Å²) in [6.45, 7) is 3.16. The fourth-order valence-electron chi connectivity index (χ4n) is 2.08. The summed E-state index contributed by atoms with van der Waals surface area (Å²) >= 11 is 0. The van der Waals surface area contributed by atoms with Gasteiger partial charge in [-0.05, 0) is 36.8 Å². The van der Waals surface area contributed by atoms with Gasteiger partial charge in [0.15, 0.2) is 5.58 Å². The molecule has 5 heteroatoms. The van der Waals surface area contributed by atoms with E-state index in [0.717, 1.165) is 5.75 Å². The first-order chi connectivity index (χ1) is 10.2. The van der Waals surface area contributed by atoms with E-state index in [1.807, 2.05) is 43.3 Å². The van der Waals surface area contributed by atoms with Crippen molar-refractivity contribution >= 4 is 22.8 Å². The van der Waals surface area contributed by atoms with Crippen LogP contribution < -0.4 is 15.8 Å². The quantitative estimate of drug-likeness (QED) is 0.555. The van der Waals surface area contributed by atoms with E-state index in [9.17, 15) is 0 Å². The van der Waals surface area contributed by atoms with Crippen molar-refractivity contribution in [1.29, 1.82) is 0 Å². The van der Waals surface area contributed by atoms with Crippen LogP contribution in [0.1, 0.15) is 5.56 Å². The maximum atomic E-state index is 5.84. The third kappa shape index (κ3) is 3.08. The minimum atomic E-state index is 0.454. The molecule has 1 aromatic heterocycles. The molecule has 0 atom stereocenters. The van der Waals surface area contributed by atoms with E-state index >= 15 is 0 Å². The van der Waals surface area contributed by atoms with Crippen molar-refractivity contribution in [3.05, 3.63) is 48.0 Å². The SMILES string of the molecule is Cc1cccc(OCCNc2nc3c(N)cccc3o2)c1. The number of nitrogens with one attached hydrogen (secondary N) is 1. The maximum Gasteiger partial charge on any atom is 0.295 e. The number of fused-ring (bicyclic) bond motifs is 1. The molecule has 0 unspecified atom stereocenters. The summed E-state index contributed by atoms with van der Waals surface area (Å²) in [5.74, 6) is 0.860. The molecule has 0 amide bonds. The standard InChI is InChI=1S/C16H17N3O2/c1-11-4-2-5-12(10-11)20-9-8-18-16-19-15-13(17)6-3-7-14(15)21-16/h2-7,10H,8-9,17H2,1H3,(H,18,19). The highest BCUT2D eigenvalue weighted by atomic mass is 16.5. The lowest BCUT2D eigenvalue weighted by molar-refractivity contribution is 0.331. The van der Waals surface area contributed by atoms with Crippen molar-refractivity contribution in [3.8, 4) is 5.75 Å². The van der Waals surface area contributed by atoms with Crippen molar-refractivity contribution < 1.29 is 9.15 Å². The van der Waals surface area contributed by atoms with E-state index in [0.29, 0.717) is 36.0 Å². The first kappa shape index (κ1) is 13.3. The number of benzene rings is 2. The van der Waals surface area contributed by atoms with Crippen molar-refractivity contribution in [1.82, 2.24) is 4.98 Å². The largest absolute Gasteiger partial charge is 0.492 e. The predicted octanol–water partition coefficient (Wildman–Crippen LogP) is 3.21. The molecule has 0 aliphatic carbocycles. The third-order valence-corrected chi connectivity index (χ3v) is 3.09. The van der Waals surface area contributed by atoms with Crippen LogP contribution in [-0.2, 0) is 0 Å². The van der Waals surface area contributed by atoms with Crippen LogP contribution in [0.3, 0.4) is 0 Å². The Hall–Kier alpha value is -2.69. The first-order valence-electron chi connectivity index (χ1n) is 6.81. The number of aryl methyl sites for hydroxylation is 1. The van der Waals surface area contributed by atoms with Crippen LogP contribution in [0.2, 0.25) is 0 Å². The van der Waals surface area contributed by atoms with Crippen molar-refractivity contribution in [2.24, 2.45) is 0 Å². The molecule has 0 spiro atoms. The summed E-state index contributed by atoms with van der Waals surface area (Å²) in [5.41, 5.74) is 8.98. The highest BCUT2D eigenvalue weighted by Crippen LogP contribution is 2.23. The number of aromatic nitrogens is 1. The Morgan fingerprint density at radius 2 is 2.10 bits per heavy atom. The molecular formula is C16H17N3O2. The summed E-state index contributed by atoms with van der Waals surface area (Å²) in [4.78, 5) is 4.31. The Balaban J connectivity index is 1.56. The molecule has 3 N–H and O–H groups in total. The molecule has 2 aromatic carbocycles. The number of nitrogens with two attached hydrogens (primary N) is 1. The second-order valence-corrected chi connectivity index (χ2v) is 4.80. The van der Waals surface area contributed by atoms with Crippen molar-refractivity contribution in [2.45, 2.75) is 6.92 Å². The summed E-state index contributed by atoms with van der Waals surface area (Å²) < 4.78 is 11.2. The van der Waals surface area contributed by atoms with E-state index in [1.165, 1.54) is 5.56 Å². The molecule has 3 rings (SSSR count). The number of para-hydroxylation sites is 1. The molecule has 21 heavy (non-hydrogen) atoms. The number of hydrogen-bond acceptors (Lipinski definition) is 5. The minimum absolute atomic E-state index is 0.454. The lowest BCUT2D eigenvalue weighted by Gasteiger charge is -2.06. The smallest absolute Gasteiger partial charge is 0.295 e. The van der Waals surface area contributed by atoms with Gasteiger partial charge in [-0.3, -0.25) is 0 Å². The fourth-order valence-corrected chi connectivity index (χ4v) is 2.08. The zero-order valence-electron chi connectivity index (χ0n) is 11.8. The number of anilines is 2. The second kappa shape index (κ2) is 5.75. The summed E-state index contributed by atoms with van der Waals surface area (Å²) in [5, 5.41) is 3.09. The summed E-state index contributed by atoms with van der Waals surface area (Å²) in [7, 11) is 0. The van der Waals surface area contributed by atoms with Crippen LogP contribution in [0.15, 0.2) is 46.9 Å². The van der Waals surface area contributed by atoms with Gasteiger partial charge in [0.1, 0.15) is 17.9 Å². The Bertz CT molecular complexity index is 752. The van der Waals surface area contributed by atoms with Gasteiger partial charge in [-0.1, -0.05) is 18.2 Å². The molecule has 0 aliphatic heterocycles. The van der Waals surface area contributed by atoms with E-state index in [4.69, 9.17) is 14.9 Å². The molecule has 0 saturated heterocycles. The molecule has 5 nitrogen and oxygen atoms in total. The number of hydrogen-bond donors (Lipinski definition) is 2. The maximum absolute atomic E-state index is 5.84. The van der Waals surface area contributed by atoms with E-state index in [-0.39, 0.29) is 0 Å². The van der Waals surface area contributed by atoms with Crippen LogP contribution in [0.4, 0.5) is 11.7 Å². The zero-order valence-corrected chi connectivity index (χ0v) is 11.8. The van der Waals surface area contributed by atoms with Gasteiger partial charge in [0, 0.05) is 0 Å². The van der Waals surface area contributed by atoms with Gasteiger partial charge in [0.05, 0.1) is 12.2 Å². The molecule has 0 fully saturated rings. The van der Waals surface area contributed by atoms with E-state index < -0.39 is 0 Å². The lowest BCUT2D eigenvalue weighted by atomic mass is 10.2. The molecular weight excluding hydrogens is 266 g/mol. The van der Waals surface area contributed by atoms with Crippen molar-refractivity contribution in [2.75, 3.05) is 24.2 Å². The lowest BCUT2D eigenvalue weighted by Crippen LogP contribution is -2.11. The van der Waals surface area contributed by atoms with E-state index in [1.54, 1.807) is 6.07 Å². The Morgan fingerprint density at radius 1 is 1.24 bits per heavy atom. The van der Waals surface area contributed by atoms with Crippen LogP contribution in [0.25, 0.3) is 11.1 Å². The molecule has 3 aromatic rings. The monoisotopic (exact) mass is 283 g/mol. The van der Waals surface area contributed by atoms with E-state index in [2.05, 4.69) is 10.3 Å². The van der Waals surface area contributed by atoms with Gasteiger partial charge in [0.2, 0.25) is 0 Å². The number of nitrogens with zero attached hydrogens (tertiary/aromatic N) is 1. The fraction of sp³-hybridized carbons (Fsp3) is 0.188. The van der Waals surface area contributed by atoms with Gasteiger partial charge in [-0.25, -0.2) is 0 Å². The van der Waals surface area contributed by atoms with Crippen LogP contribution in [0, 0.1) is 6.92 Å². The molecule has 0 bridgehead atoms. The van der Waals surface area contributed by atoms with Gasteiger partial charge in [-0.2, -0.15) is 4.98 Å². The van der Waals surface area contributed by atoms with Crippen LogP contribution >= 0.6 is 0 Å². The number of ether oxygens (including phenoxy) is 1. The summed E-state index contributed by atoms with van der Waals surface area (Å²) in [6, 6.07) is 13.9. The predicted molar refractivity (Wildman–Crippen MR) is 83.6 cm³/mol. The Labute approximate surface area is 122 Å².